The van der Waals surface area contributed by atoms with Crippen LogP contribution in [0.4, 0.5) is 5.69 Å². The quantitative estimate of drug-likeness (QED) is 0.275. The van der Waals surface area contributed by atoms with Crippen molar-refractivity contribution in [1.82, 2.24) is 9.97 Å². The minimum Gasteiger partial charge on any atom is -0.312 e. The molecule has 1 saturated heterocycles. The van der Waals surface area contributed by atoms with Gasteiger partial charge in [0.2, 0.25) is 5.91 Å². The number of nitrogens with zero attached hydrogens (tertiary/aromatic N) is 4. The van der Waals surface area contributed by atoms with E-state index >= 15 is 0 Å². The fourth-order valence-electron chi connectivity index (χ4n) is 5.56. The van der Waals surface area contributed by atoms with Gasteiger partial charge in [0.15, 0.2) is 0 Å². The van der Waals surface area contributed by atoms with Crippen LogP contribution in [0.15, 0.2) is 72.4 Å². The Labute approximate surface area is 258 Å². The molecule has 0 radical (unpaired) electrons. The highest BCUT2D eigenvalue weighted by Gasteiger charge is 2.28. The molecule has 226 valence electrons. The molecular weight excluding hydrogens is 528 g/mol. The molecule has 0 spiro atoms. The Hall–Kier alpha value is -3.86. The highest BCUT2D eigenvalue weighted by Crippen LogP contribution is 2.44. The summed E-state index contributed by atoms with van der Waals surface area (Å²) in [6, 6.07) is 8.64. The number of benzene rings is 1. The van der Waals surface area contributed by atoms with Crippen LogP contribution in [0.3, 0.4) is 0 Å². The van der Waals surface area contributed by atoms with Crippen LogP contribution in [0.1, 0.15) is 98.3 Å². The highest BCUT2D eigenvalue weighted by atomic mass is 16.2. The van der Waals surface area contributed by atoms with Gasteiger partial charge in [-0.15, -0.1) is 0 Å². The lowest BCUT2D eigenvalue weighted by atomic mass is 9.79. The Morgan fingerprint density at radius 1 is 0.791 bits per heavy atom. The van der Waals surface area contributed by atoms with Crippen LogP contribution in [0.25, 0.3) is 28.3 Å². The summed E-state index contributed by atoms with van der Waals surface area (Å²) >= 11 is 0. The van der Waals surface area contributed by atoms with Gasteiger partial charge in [0.1, 0.15) is 0 Å². The van der Waals surface area contributed by atoms with Gasteiger partial charge in [0.25, 0.3) is 0 Å². The third-order valence-corrected chi connectivity index (χ3v) is 7.73. The maximum Gasteiger partial charge on any atom is 0.226 e. The van der Waals surface area contributed by atoms with Gasteiger partial charge in [-0.2, -0.15) is 0 Å². The molecule has 0 bridgehead atoms. The van der Waals surface area contributed by atoms with Gasteiger partial charge >= 0.3 is 0 Å². The summed E-state index contributed by atoms with van der Waals surface area (Å²) in [6.07, 6.45) is 19.9. The van der Waals surface area contributed by atoms with Gasteiger partial charge in [-0.3, -0.25) is 19.8 Å². The molecule has 2 aromatic heterocycles. The lowest BCUT2D eigenvalue weighted by Gasteiger charge is -2.32. The topological polar surface area (TPSA) is 58.5 Å². The summed E-state index contributed by atoms with van der Waals surface area (Å²) in [5.41, 5.74) is 8.40. The van der Waals surface area contributed by atoms with Crippen molar-refractivity contribution in [3.05, 3.63) is 84.1 Å². The molecule has 1 fully saturated rings. The normalized spacial score (nSPS) is 15.4. The number of hydrogen-bond donors (Lipinski definition) is 0. The summed E-state index contributed by atoms with van der Waals surface area (Å²) in [5.74, 6) is 0.165. The number of rotatable bonds is 6. The highest BCUT2D eigenvalue weighted by molar-refractivity contribution is 6.01. The first-order valence-corrected chi connectivity index (χ1v) is 15.4. The minimum atomic E-state index is -0.111. The zero-order chi connectivity index (χ0) is 31.4. The van der Waals surface area contributed by atoms with Crippen molar-refractivity contribution in [1.29, 1.82) is 0 Å². The summed E-state index contributed by atoms with van der Waals surface area (Å²) in [4.78, 5) is 29.0. The molecule has 43 heavy (non-hydrogen) atoms. The second kappa shape index (κ2) is 12.8. The van der Waals surface area contributed by atoms with Gasteiger partial charge in [-0.1, -0.05) is 68.4 Å². The molecule has 3 aromatic rings. The van der Waals surface area contributed by atoms with Crippen molar-refractivity contribution in [2.75, 3.05) is 11.4 Å². The van der Waals surface area contributed by atoms with E-state index in [4.69, 9.17) is 0 Å². The molecule has 4 rings (SSSR count). The van der Waals surface area contributed by atoms with E-state index in [-0.39, 0.29) is 22.2 Å². The van der Waals surface area contributed by atoms with E-state index in [9.17, 15) is 4.79 Å². The third-order valence-electron chi connectivity index (χ3n) is 7.73. The Morgan fingerprint density at radius 3 is 1.95 bits per heavy atom. The van der Waals surface area contributed by atoms with Crippen LogP contribution in [0.2, 0.25) is 0 Å². The molecule has 1 aromatic carbocycles. The molecule has 1 aliphatic heterocycles. The lowest BCUT2D eigenvalue weighted by molar-refractivity contribution is -0.119. The van der Waals surface area contributed by atoms with Gasteiger partial charge in [0.05, 0.1) is 5.69 Å². The average molecular weight is 577 g/mol. The van der Waals surface area contributed by atoms with Crippen molar-refractivity contribution < 1.29 is 4.79 Å². The minimum absolute atomic E-state index is 0.0937. The number of anilines is 1. The molecule has 1 aliphatic rings. The molecule has 0 unspecified atom stereocenters. The van der Waals surface area contributed by atoms with E-state index < -0.39 is 0 Å². The second-order valence-electron chi connectivity index (χ2n) is 14.6. The summed E-state index contributed by atoms with van der Waals surface area (Å²) in [7, 11) is 0. The van der Waals surface area contributed by atoms with Crippen LogP contribution in [0.5, 0.6) is 0 Å². The van der Waals surface area contributed by atoms with Crippen LogP contribution in [0, 0.1) is 5.41 Å². The van der Waals surface area contributed by atoms with E-state index in [0.717, 1.165) is 46.3 Å². The second-order valence-corrected chi connectivity index (χ2v) is 14.6. The predicted molar refractivity (Wildman–Crippen MR) is 183 cm³/mol. The zero-order valence-corrected chi connectivity index (χ0v) is 27.5. The maximum atomic E-state index is 13.4. The fourth-order valence-corrected chi connectivity index (χ4v) is 5.56. The number of carbonyl (C=O) groups excluding carboxylic acids is 1. The number of pyridine rings is 2. The monoisotopic (exact) mass is 576 g/mol. The van der Waals surface area contributed by atoms with Crippen molar-refractivity contribution in [2.24, 2.45) is 10.4 Å². The number of allylic oxidation sites excluding steroid dienone is 2. The third kappa shape index (κ3) is 7.95. The SMILES string of the molecule is CC(C)(C)/C=C/C=N/C=C/c1cc(N2CCCCC2=O)c(-c2cnccc2C(C)(C)C)cc1-c1cnccc1C(C)(C)C. The van der Waals surface area contributed by atoms with Crippen LogP contribution in [-0.4, -0.2) is 28.6 Å². The summed E-state index contributed by atoms with van der Waals surface area (Å²) in [6.45, 7) is 20.6. The number of carbonyl (C=O) groups is 1. The Balaban J connectivity index is 2.02. The average Bonchev–Trinajstić information content (AvgIpc) is 2.93. The molecular formula is C38H48N4O. The van der Waals surface area contributed by atoms with E-state index in [1.54, 1.807) is 0 Å². The Kier molecular flexibility index (Phi) is 9.54. The van der Waals surface area contributed by atoms with E-state index in [1.807, 2.05) is 54.3 Å². The first-order valence-electron chi connectivity index (χ1n) is 15.4. The van der Waals surface area contributed by atoms with Gasteiger partial charge in [-0.05, 0) is 87.8 Å². The van der Waals surface area contributed by atoms with Crippen molar-refractivity contribution in [2.45, 2.75) is 92.4 Å². The van der Waals surface area contributed by atoms with Crippen LogP contribution < -0.4 is 4.90 Å². The molecule has 0 atom stereocenters. The molecule has 5 heteroatoms. The van der Waals surface area contributed by atoms with E-state index in [0.29, 0.717) is 13.0 Å². The summed E-state index contributed by atoms with van der Waals surface area (Å²) in [5, 5.41) is 0. The molecule has 0 aliphatic carbocycles. The van der Waals surface area contributed by atoms with Crippen LogP contribution in [-0.2, 0) is 15.6 Å². The first kappa shape index (κ1) is 32.1. The zero-order valence-electron chi connectivity index (χ0n) is 27.5. The predicted octanol–water partition coefficient (Wildman–Crippen LogP) is 9.57. The van der Waals surface area contributed by atoms with E-state index in [2.05, 4.69) is 108 Å². The number of aliphatic imine (C=N–C) groups is 1. The molecule has 0 N–H and O–H groups in total. The molecule has 5 nitrogen and oxygen atoms in total. The fraction of sp³-hybridized carbons (Fsp3) is 0.421. The van der Waals surface area contributed by atoms with Gasteiger partial charge < -0.3 is 4.90 Å². The first-order chi connectivity index (χ1) is 20.2. The smallest absolute Gasteiger partial charge is 0.226 e. The van der Waals surface area contributed by atoms with Gasteiger partial charge in [-0.25, -0.2) is 0 Å². The number of aromatic nitrogens is 2. The number of piperidine rings is 1. The number of hydrogen-bond acceptors (Lipinski definition) is 4. The molecule has 0 saturated carbocycles. The lowest BCUT2D eigenvalue weighted by Crippen LogP contribution is -2.35. The molecule has 1 amide bonds. The molecule has 3 heterocycles. The Bertz CT molecular complexity index is 1540. The van der Waals surface area contributed by atoms with Gasteiger partial charge in [0, 0.05) is 66.9 Å². The number of amides is 1. The summed E-state index contributed by atoms with van der Waals surface area (Å²) < 4.78 is 0. The van der Waals surface area contributed by atoms with Crippen molar-refractivity contribution in [3.8, 4) is 22.3 Å². The van der Waals surface area contributed by atoms with Crippen molar-refractivity contribution >= 4 is 23.9 Å². The van der Waals surface area contributed by atoms with Crippen LogP contribution >= 0.6 is 0 Å². The largest absolute Gasteiger partial charge is 0.312 e. The van der Waals surface area contributed by atoms with E-state index in [1.165, 1.54) is 11.1 Å². The Morgan fingerprint density at radius 2 is 1.40 bits per heavy atom. The maximum absolute atomic E-state index is 13.4. The van der Waals surface area contributed by atoms with Crippen molar-refractivity contribution in [3.63, 3.8) is 0 Å². The standard InChI is InChI=1S/C38H48N4O/c1-36(2,3)17-12-18-39-19-14-27-23-34(42-22-11-10-13-35(42)43)29(31-26-41-21-16-33(31)38(7,8)9)24-28(27)30-25-40-20-15-32(30)37(4,5)6/h12,14-21,23-26H,10-11,13,22H2,1-9H3/b17-12+,19-14+,39-18+.